The van der Waals surface area contributed by atoms with Gasteiger partial charge in [0.15, 0.2) is 0 Å². The van der Waals surface area contributed by atoms with Crippen LogP contribution in [0.3, 0.4) is 0 Å². The molecule has 0 bridgehead atoms. The summed E-state index contributed by atoms with van der Waals surface area (Å²) in [5.41, 5.74) is 7.61. The van der Waals surface area contributed by atoms with Gasteiger partial charge in [-0.1, -0.05) is 13.8 Å². The van der Waals surface area contributed by atoms with E-state index in [9.17, 15) is 4.39 Å². The highest BCUT2D eigenvalue weighted by Gasteiger charge is 2.22. The zero-order chi connectivity index (χ0) is 11.1. The highest BCUT2D eigenvalue weighted by molar-refractivity contribution is 5.84. The number of H-pyrrole nitrogens is 1. The van der Waals surface area contributed by atoms with Crippen LogP contribution in [0.4, 0.5) is 4.39 Å². The maximum Gasteiger partial charge on any atom is 0.123 e. The average molecular weight is 206 g/mol. The maximum absolute atomic E-state index is 13.1. The largest absolute Gasteiger partial charge is 0.361 e. The van der Waals surface area contributed by atoms with Crippen molar-refractivity contribution in [1.29, 1.82) is 0 Å². The molecule has 0 saturated heterocycles. The molecule has 0 atom stereocenters. The zero-order valence-electron chi connectivity index (χ0n) is 8.97. The van der Waals surface area contributed by atoms with Gasteiger partial charge < -0.3 is 10.7 Å². The molecule has 2 nitrogen and oxygen atoms in total. The van der Waals surface area contributed by atoms with Gasteiger partial charge in [0.05, 0.1) is 0 Å². The summed E-state index contributed by atoms with van der Waals surface area (Å²) in [6, 6.07) is 4.76. The van der Waals surface area contributed by atoms with E-state index in [0.717, 1.165) is 16.5 Å². The van der Waals surface area contributed by atoms with Gasteiger partial charge in [0, 0.05) is 29.1 Å². The van der Waals surface area contributed by atoms with E-state index >= 15 is 0 Å². The molecule has 1 aromatic carbocycles. The fraction of sp³-hybridized carbons (Fsp3) is 0.333. The fourth-order valence-electron chi connectivity index (χ4n) is 1.76. The molecule has 0 amide bonds. The van der Waals surface area contributed by atoms with Gasteiger partial charge in [-0.15, -0.1) is 0 Å². The number of rotatable bonds is 2. The molecular formula is C12H15FN2. The summed E-state index contributed by atoms with van der Waals surface area (Å²) in [5, 5.41) is 0.922. The van der Waals surface area contributed by atoms with Gasteiger partial charge in [0.1, 0.15) is 5.82 Å². The summed E-state index contributed by atoms with van der Waals surface area (Å²) >= 11 is 0. The van der Waals surface area contributed by atoms with Gasteiger partial charge in [-0.2, -0.15) is 0 Å². The quantitative estimate of drug-likeness (QED) is 0.779. The molecule has 0 spiro atoms. The highest BCUT2D eigenvalue weighted by Crippen LogP contribution is 2.29. The van der Waals surface area contributed by atoms with E-state index in [2.05, 4.69) is 18.8 Å². The van der Waals surface area contributed by atoms with Crippen molar-refractivity contribution in [1.82, 2.24) is 4.98 Å². The smallest absolute Gasteiger partial charge is 0.123 e. The lowest BCUT2D eigenvalue weighted by atomic mass is 9.85. The Bertz CT molecular complexity index is 485. The van der Waals surface area contributed by atoms with E-state index < -0.39 is 0 Å². The molecule has 2 rings (SSSR count). The number of aromatic nitrogens is 1. The molecule has 3 N–H and O–H groups in total. The Kier molecular flexibility index (Phi) is 2.27. The topological polar surface area (TPSA) is 41.8 Å². The molecular weight excluding hydrogens is 191 g/mol. The molecule has 80 valence electrons. The van der Waals surface area contributed by atoms with E-state index in [4.69, 9.17) is 5.73 Å². The first-order chi connectivity index (χ1) is 7.04. The van der Waals surface area contributed by atoms with Gasteiger partial charge in [0.2, 0.25) is 0 Å². The van der Waals surface area contributed by atoms with Crippen molar-refractivity contribution in [2.45, 2.75) is 19.3 Å². The standard InChI is InChI=1S/C12H15FN2/c1-12(2,7-14)10-6-15-11-4-3-8(13)5-9(10)11/h3-6,15H,7,14H2,1-2H3. The van der Waals surface area contributed by atoms with Gasteiger partial charge in [-0.3, -0.25) is 0 Å². The van der Waals surface area contributed by atoms with Crippen LogP contribution in [0.15, 0.2) is 24.4 Å². The van der Waals surface area contributed by atoms with Crippen LogP contribution >= 0.6 is 0 Å². The zero-order valence-corrected chi connectivity index (χ0v) is 8.97. The predicted octanol–water partition coefficient (Wildman–Crippen LogP) is 2.54. The van der Waals surface area contributed by atoms with Gasteiger partial charge >= 0.3 is 0 Å². The second-order valence-electron chi connectivity index (χ2n) is 4.48. The Morgan fingerprint density at radius 1 is 1.40 bits per heavy atom. The monoisotopic (exact) mass is 206 g/mol. The fourth-order valence-corrected chi connectivity index (χ4v) is 1.76. The predicted molar refractivity (Wildman–Crippen MR) is 60.3 cm³/mol. The number of nitrogens with two attached hydrogens (primary N) is 1. The molecule has 2 aromatic rings. The molecule has 0 aliphatic heterocycles. The molecule has 15 heavy (non-hydrogen) atoms. The molecule has 1 heterocycles. The first kappa shape index (κ1) is 10.2. The second-order valence-corrected chi connectivity index (χ2v) is 4.48. The minimum Gasteiger partial charge on any atom is -0.361 e. The van der Waals surface area contributed by atoms with Crippen LogP contribution in [0.1, 0.15) is 19.4 Å². The third-order valence-electron chi connectivity index (χ3n) is 2.88. The lowest BCUT2D eigenvalue weighted by molar-refractivity contribution is 0.543. The Morgan fingerprint density at radius 2 is 2.13 bits per heavy atom. The Morgan fingerprint density at radius 3 is 2.80 bits per heavy atom. The molecule has 0 aliphatic rings. The van der Waals surface area contributed by atoms with Gasteiger partial charge in [-0.05, 0) is 23.8 Å². The van der Waals surface area contributed by atoms with Crippen molar-refractivity contribution in [2.24, 2.45) is 5.73 Å². The van der Waals surface area contributed by atoms with Crippen LogP contribution in [0.5, 0.6) is 0 Å². The first-order valence-electron chi connectivity index (χ1n) is 5.02. The number of fused-ring (bicyclic) bond motifs is 1. The van der Waals surface area contributed by atoms with E-state index in [-0.39, 0.29) is 11.2 Å². The van der Waals surface area contributed by atoms with Gasteiger partial charge in [0.25, 0.3) is 0 Å². The molecule has 1 aromatic heterocycles. The molecule has 3 heteroatoms. The summed E-state index contributed by atoms with van der Waals surface area (Å²) in [5.74, 6) is -0.212. The van der Waals surface area contributed by atoms with Crippen molar-refractivity contribution in [2.75, 3.05) is 6.54 Å². The molecule has 0 radical (unpaired) electrons. The van der Waals surface area contributed by atoms with Crippen molar-refractivity contribution in [3.63, 3.8) is 0 Å². The van der Waals surface area contributed by atoms with E-state index in [1.165, 1.54) is 6.07 Å². The van der Waals surface area contributed by atoms with E-state index in [1.54, 1.807) is 12.1 Å². The summed E-state index contributed by atoms with van der Waals surface area (Å²) in [7, 11) is 0. The lowest BCUT2D eigenvalue weighted by Crippen LogP contribution is -2.27. The molecule has 0 unspecified atom stereocenters. The van der Waals surface area contributed by atoms with Crippen LogP contribution in [0.2, 0.25) is 0 Å². The van der Waals surface area contributed by atoms with E-state index in [0.29, 0.717) is 6.54 Å². The SMILES string of the molecule is CC(C)(CN)c1c[nH]c2ccc(F)cc12. The van der Waals surface area contributed by atoms with Crippen molar-refractivity contribution in [3.05, 3.63) is 35.8 Å². The number of nitrogens with one attached hydrogen (secondary N) is 1. The van der Waals surface area contributed by atoms with Crippen LogP contribution in [-0.4, -0.2) is 11.5 Å². The number of halogens is 1. The summed E-state index contributed by atoms with van der Waals surface area (Å²) in [4.78, 5) is 3.13. The minimum absolute atomic E-state index is 0.133. The van der Waals surface area contributed by atoms with Crippen LogP contribution < -0.4 is 5.73 Å². The molecule has 0 saturated carbocycles. The number of hydrogen-bond acceptors (Lipinski definition) is 1. The summed E-state index contributed by atoms with van der Waals surface area (Å²) in [6.45, 7) is 4.65. The van der Waals surface area contributed by atoms with Crippen LogP contribution in [0, 0.1) is 5.82 Å². The van der Waals surface area contributed by atoms with Crippen molar-refractivity contribution in [3.8, 4) is 0 Å². The molecule has 0 fully saturated rings. The number of benzene rings is 1. The second kappa shape index (κ2) is 3.35. The normalized spacial score (nSPS) is 12.3. The Labute approximate surface area is 88.3 Å². The summed E-state index contributed by atoms with van der Waals surface area (Å²) < 4.78 is 13.1. The first-order valence-corrected chi connectivity index (χ1v) is 5.02. The van der Waals surface area contributed by atoms with Crippen molar-refractivity contribution >= 4 is 10.9 Å². The van der Waals surface area contributed by atoms with Crippen LogP contribution in [-0.2, 0) is 5.41 Å². The number of aromatic amines is 1. The Hall–Kier alpha value is -1.35. The maximum atomic E-state index is 13.1. The van der Waals surface area contributed by atoms with Crippen LogP contribution in [0.25, 0.3) is 10.9 Å². The molecule has 0 aliphatic carbocycles. The third-order valence-corrected chi connectivity index (χ3v) is 2.88. The Balaban J connectivity index is 2.67. The highest BCUT2D eigenvalue weighted by atomic mass is 19.1. The summed E-state index contributed by atoms with van der Waals surface area (Å²) in [6.07, 6.45) is 1.91. The lowest BCUT2D eigenvalue weighted by Gasteiger charge is -2.21. The van der Waals surface area contributed by atoms with E-state index in [1.807, 2.05) is 6.20 Å². The van der Waals surface area contributed by atoms with Crippen molar-refractivity contribution < 1.29 is 4.39 Å². The van der Waals surface area contributed by atoms with Gasteiger partial charge in [-0.25, -0.2) is 4.39 Å². The third kappa shape index (κ3) is 1.63. The average Bonchev–Trinajstić information content (AvgIpc) is 2.61. The number of hydrogen-bond donors (Lipinski definition) is 2. The minimum atomic E-state index is -0.212.